The average molecular weight is 340 g/mol. The Kier molecular flexibility index (Phi) is 5.89. The molecule has 0 spiro atoms. The Labute approximate surface area is 126 Å². The van der Waals surface area contributed by atoms with Crippen LogP contribution < -0.4 is 10.1 Å². The van der Waals surface area contributed by atoms with Gasteiger partial charge in [-0.1, -0.05) is 13.0 Å². The summed E-state index contributed by atoms with van der Waals surface area (Å²) in [5.41, 5.74) is 2.48. The summed E-state index contributed by atoms with van der Waals surface area (Å²) in [5.74, 6) is 0.894. The van der Waals surface area contributed by atoms with Crippen LogP contribution in [0.5, 0.6) is 5.75 Å². The van der Waals surface area contributed by atoms with Crippen molar-refractivity contribution in [3.8, 4) is 5.75 Å². The van der Waals surface area contributed by atoms with E-state index in [4.69, 9.17) is 4.74 Å². The molecule has 2 aromatic rings. The number of nitrogens with one attached hydrogen (secondary N) is 1. The van der Waals surface area contributed by atoms with Crippen LogP contribution >= 0.6 is 27.3 Å². The largest absolute Gasteiger partial charge is 0.488 e. The molecule has 1 heterocycles. The van der Waals surface area contributed by atoms with E-state index >= 15 is 0 Å². The zero-order valence-corrected chi connectivity index (χ0v) is 13.4. The normalized spacial score (nSPS) is 10.6. The van der Waals surface area contributed by atoms with Gasteiger partial charge in [0, 0.05) is 6.54 Å². The molecular formula is C15H18BrNOS. The van der Waals surface area contributed by atoms with E-state index in [9.17, 15) is 0 Å². The van der Waals surface area contributed by atoms with Crippen molar-refractivity contribution in [1.82, 2.24) is 5.32 Å². The van der Waals surface area contributed by atoms with Crippen molar-refractivity contribution < 1.29 is 4.74 Å². The van der Waals surface area contributed by atoms with Crippen molar-refractivity contribution in [1.29, 1.82) is 0 Å². The smallest absolute Gasteiger partial charge is 0.134 e. The molecule has 0 bridgehead atoms. The Morgan fingerprint density at radius 2 is 2.16 bits per heavy atom. The van der Waals surface area contributed by atoms with Gasteiger partial charge in [0.2, 0.25) is 0 Å². The zero-order chi connectivity index (χ0) is 13.5. The second kappa shape index (κ2) is 7.68. The molecule has 102 valence electrons. The molecule has 0 saturated heterocycles. The second-order valence-electron chi connectivity index (χ2n) is 4.36. The van der Waals surface area contributed by atoms with Gasteiger partial charge in [-0.05, 0) is 69.0 Å². The van der Waals surface area contributed by atoms with Crippen molar-refractivity contribution in [3.63, 3.8) is 0 Å². The van der Waals surface area contributed by atoms with Crippen LogP contribution in [0, 0.1) is 0 Å². The molecule has 0 fully saturated rings. The Hall–Kier alpha value is -0.840. The fraction of sp³-hybridized carbons (Fsp3) is 0.333. The molecule has 0 aliphatic heterocycles. The van der Waals surface area contributed by atoms with E-state index in [2.05, 4.69) is 57.1 Å². The topological polar surface area (TPSA) is 21.3 Å². The summed E-state index contributed by atoms with van der Waals surface area (Å²) in [6, 6.07) is 8.34. The van der Waals surface area contributed by atoms with Gasteiger partial charge in [-0.25, -0.2) is 0 Å². The molecule has 0 aliphatic carbocycles. The van der Waals surface area contributed by atoms with Crippen LogP contribution in [-0.2, 0) is 13.2 Å². The van der Waals surface area contributed by atoms with E-state index in [0.717, 1.165) is 29.7 Å². The molecule has 1 aromatic carbocycles. The maximum atomic E-state index is 5.80. The van der Waals surface area contributed by atoms with Crippen molar-refractivity contribution >= 4 is 27.3 Å². The minimum absolute atomic E-state index is 0.621. The lowest BCUT2D eigenvalue weighted by molar-refractivity contribution is 0.304. The summed E-state index contributed by atoms with van der Waals surface area (Å²) < 4.78 is 6.81. The number of ether oxygens (including phenoxy) is 1. The van der Waals surface area contributed by atoms with Gasteiger partial charge in [-0.3, -0.25) is 0 Å². The highest BCUT2D eigenvalue weighted by molar-refractivity contribution is 9.10. The predicted octanol–water partition coefficient (Wildman–Crippen LogP) is 4.59. The number of rotatable bonds is 7. The Balaban J connectivity index is 1.91. The first-order chi connectivity index (χ1) is 9.29. The Morgan fingerprint density at radius 1 is 1.26 bits per heavy atom. The number of thiophene rings is 1. The van der Waals surface area contributed by atoms with Crippen LogP contribution in [0.4, 0.5) is 0 Å². The summed E-state index contributed by atoms with van der Waals surface area (Å²) in [4.78, 5) is 0. The van der Waals surface area contributed by atoms with Crippen LogP contribution in [0.2, 0.25) is 0 Å². The summed E-state index contributed by atoms with van der Waals surface area (Å²) in [6.07, 6.45) is 1.16. The lowest BCUT2D eigenvalue weighted by Gasteiger charge is -2.09. The van der Waals surface area contributed by atoms with E-state index in [-0.39, 0.29) is 0 Å². The maximum absolute atomic E-state index is 5.80. The molecular weight excluding hydrogens is 322 g/mol. The van der Waals surface area contributed by atoms with Gasteiger partial charge in [0.05, 0.1) is 4.47 Å². The number of hydrogen-bond acceptors (Lipinski definition) is 3. The van der Waals surface area contributed by atoms with Gasteiger partial charge in [0.25, 0.3) is 0 Å². The fourth-order valence-electron chi connectivity index (χ4n) is 1.72. The van der Waals surface area contributed by atoms with Gasteiger partial charge < -0.3 is 10.1 Å². The Morgan fingerprint density at radius 3 is 2.84 bits per heavy atom. The minimum Gasteiger partial charge on any atom is -0.488 e. The predicted molar refractivity (Wildman–Crippen MR) is 84.8 cm³/mol. The third-order valence-electron chi connectivity index (χ3n) is 2.73. The maximum Gasteiger partial charge on any atom is 0.134 e. The van der Waals surface area contributed by atoms with Gasteiger partial charge >= 0.3 is 0 Å². The van der Waals surface area contributed by atoms with Crippen LogP contribution in [0.15, 0.2) is 39.5 Å². The van der Waals surface area contributed by atoms with Crippen LogP contribution in [0.1, 0.15) is 24.5 Å². The zero-order valence-electron chi connectivity index (χ0n) is 11.0. The lowest BCUT2D eigenvalue weighted by Crippen LogP contribution is -2.13. The standard InChI is InChI=1S/C15H18BrNOS/c1-2-6-17-9-12-3-4-15(14(16)8-12)18-10-13-5-7-19-11-13/h3-5,7-8,11,17H,2,6,9-10H2,1H3. The summed E-state index contributed by atoms with van der Waals surface area (Å²) in [7, 11) is 0. The molecule has 0 radical (unpaired) electrons. The lowest BCUT2D eigenvalue weighted by atomic mass is 10.2. The molecule has 1 aromatic heterocycles. The quantitative estimate of drug-likeness (QED) is 0.745. The van der Waals surface area contributed by atoms with Crippen molar-refractivity contribution in [2.24, 2.45) is 0 Å². The van der Waals surface area contributed by atoms with Crippen molar-refractivity contribution in [2.45, 2.75) is 26.5 Å². The van der Waals surface area contributed by atoms with Gasteiger partial charge in [0.15, 0.2) is 0 Å². The third kappa shape index (κ3) is 4.64. The molecule has 0 aliphatic rings. The van der Waals surface area contributed by atoms with Crippen molar-refractivity contribution in [2.75, 3.05) is 6.54 Å². The summed E-state index contributed by atoms with van der Waals surface area (Å²) >= 11 is 5.26. The first-order valence-corrected chi connectivity index (χ1v) is 8.16. The summed E-state index contributed by atoms with van der Waals surface area (Å²) in [5, 5.41) is 7.57. The van der Waals surface area contributed by atoms with Crippen molar-refractivity contribution in [3.05, 3.63) is 50.6 Å². The highest BCUT2D eigenvalue weighted by Crippen LogP contribution is 2.27. The highest BCUT2D eigenvalue weighted by Gasteiger charge is 2.03. The van der Waals surface area contributed by atoms with Crippen LogP contribution in [0.3, 0.4) is 0 Å². The second-order valence-corrected chi connectivity index (χ2v) is 6.00. The third-order valence-corrected chi connectivity index (χ3v) is 4.08. The van der Waals surface area contributed by atoms with E-state index in [1.54, 1.807) is 11.3 Å². The fourth-order valence-corrected chi connectivity index (χ4v) is 2.91. The molecule has 0 saturated carbocycles. The monoisotopic (exact) mass is 339 g/mol. The number of hydrogen-bond donors (Lipinski definition) is 1. The first-order valence-electron chi connectivity index (χ1n) is 6.42. The molecule has 0 amide bonds. The van der Waals surface area contributed by atoms with Gasteiger partial charge in [0.1, 0.15) is 12.4 Å². The molecule has 0 unspecified atom stereocenters. The van der Waals surface area contributed by atoms with E-state index in [1.165, 1.54) is 11.1 Å². The number of halogens is 1. The van der Waals surface area contributed by atoms with Gasteiger partial charge in [-0.15, -0.1) is 0 Å². The van der Waals surface area contributed by atoms with E-state index < -0.39 is 0 Å². The molecule has 4 heteroatoms. The SMILES string of the molecule is CCCNCc1ccc(OCc2ccsc2)c(Br)c1. The molecule has 2 nitrogen and oxygen atoms in total. The van der Waals surface area contributed by atoms with Gasteiger partial charge in [-0.2, -0.15) is 11.3 Å². The average Bonchev–Trinajstić information content (AvgIpc) is 2.91. The Bertz CT molecular complexity index is 499. The molecule has 1 N–H and O–H groups in total. The van der Waals surface area contributed by atoms with Crippen LogP contribution in [-0.4, -0.2) is 6.54 Å². The van der Waals surface area contributed by atoms with Crippen LogP contribution in [0.25, 0.3) is 0 Å². The highest BCUT2D eigenvalue weighted by atomic mass is 79.9. The van der Waals surface area contributed by atoms with E-state index in [0.29, 0.717) is 6.61 Å². The number of benzene rings is 1. The summed E-state index contributed by atoms with van der Waals surface area (Å²) in [6.45, 7) is 4.74. The molecule has 19 heavy (non-hydrogen) atoms. The first kappa shape index (κ1) is 14.6. The molecule has 2 rings (SSSR count). The van der Waals surface area contributed by atoms with E-state index in [1.807, 2.05) is 6.07 Å². The minimum atomic E-state index is 0.621. The molecule has 0 atom stereocenters.